The highest BCUT2D eigenvalue weighted by atomic mass is 14.2. The average Bonchev–Trinajstić information content (AvgIpc) is 3.02. The lowest BCUT2D eigenvalue weighted by molar-refractivity contribution is 1.60. The summed E-state index contributed by atoms with van der Waals surface area (Å²) in [6.07, 6.45) is 0. The Labute approximate surface area is 233 Å². The molecule has 0 atom stereocenters. The van der Waals surface area contributed by atoms with Gasteiger partial charge in [0.25, 0.3) is 0 Å². The van der Waals surface area contributed by atoms with Gasteiger partial charge in [-0.25, -0.2) is 0 Å². The van der Waals surface area contributed by atoms with Crippen molar-refractivity contribution in [2.45, 2.75) is 0 Å². The zero-order valence-electron chi connectivity index (χ0n) is 22.0. The summed E-state index contributed by atoms with van der Waals surface area (Å²) < 4.78 is 0. The van der Waals surface area contributed by atoms with E-state index in [0.29, 0.717) is 0 Å². The van der Waals surface area contributed by atoms with Crippen molar-refractivity contribution in [3.8, 4) is 33.4 Å². The van der Waals surface area contributed by atoms with Crippen LogP contribution in [0, 0.1) is 0 Å². The maximum Gasteiger partial charge on any atom is -0.00206 e. The molecule has 0 fully saturated rings. The Balaban J connectivity index is 1.49. The highest BCUT2D eigenvalue weighted by molar-refractivity contribution is 6.17. The molecule has 8 aromatic carbocycles. The van der Waals surface area contributed by atoms with E-state index in [1.807, 2.05) is 0 Å². The third kappa shape index (κ3) is 3.54. The van der Waals surface area contributed by atoms with Crippen molar-refractivity contribution in [3.05, 3.63) is 158 Å². The summed E-state index contributed by atoms with van der Waals surface area (Å²) in [6, 6.07) is 57.6. The molecule has 8 rings (SSSR count). The molecule has 0 bridgehead atoms. The molecular weight excluding hydrogens is 480 g/mol. The molecule has 186 valence electrons. The van der Waals surface area contributed by atoms with Crippen molar-refractivity contribution in [2.75, 3.05) is 0 Å². The number of fused-ring (bicyclic) bond motifs is 4. The van der Waals surface area contributed by atoms with Gasteiger partial charge in [-0.1, -0.05) is 146 Å². The third-order valence-corrected chi connectivity index (χ3v) is 8.23. The predicted octanol–water partition coefficient (Wildman–Crippen LogP) is 11.3. The molecular formula is C40H26. The number of hydrogen-bond acceptors (Lipinski definition) is 0. The second kappa shape index (κ2) is 9.22. The number of hydrogen-bond donors (Lipinski definition) is 0. The first kappa shape index (κ1) is 22.8. The van der Waals surface area contributed by atoms with Crippen molar-refractivity contribution in [1.82, 2.24) is 0 Å². The van der Waals surface area contributed by atoms with E-state index in [1.54, 1.807) is 0 Å². The van der Waals surface area contributed by atoms with E-state index in [2.05, 4.69) is 158 Å². The fourth-order valence-corrected chi connectivity index (χ4v) is 6.48. The van der Waals surface area contributed by atoms with E-state index in [-0.39, 0.29) is 0 Å². The Morgan fingerprint density at radius 3 is 0.800 bits per heavy atom. The van der Waals surface area contributed by atoms with Gasteiger partial charge in [0.2, 0.25) is 0 Å². The van der Waals surface area contributed by atoms with Crippen LogP contribution in [0.4, 0.5) is 0 Å². The highest BCUT2D eigenvalue weighted by Crippen LogP contribution is 2.46. The zero-order valence-corrected chi connectivity index (χ0v) is 22.0. The number of rotatable bonds is 3. The van der Waals surface area contributed by atoms with Gasteiger partial charge in [-0.3, -0.25) is 0 Å². The molecule has 0 spiro atoms. The fraction of sp³-hybridized carbons (Fsp3) is 0. The topological polar surface area (TPSA) is 0 Å². The third-order valence-electron chi connectivity index (χ3n) is 8.23. The summed E-state index contributed by atoms with van der Waals surface area (Å²) in [6.45, 7) is 0. The van der Waals surface area contributed by atoms with E-state index in [0.717, 1.165) is 0 Å². The first-order valence-corrected chi connectivity index (χ1v) is 13.9. The molecule has 0 nitrogen and oxygen atoms in total. The lowest BCUT2D eigenvalue weighted by atomic mass is 9.84. The predicted molar refractivity (Wildman–Crippen MR) is 173 cm³/mol. The largest absolute Gasteiger partial charge is 0.0616 e. The van der Waals surface area contributed by atoms with Crippen LogP contribution in [-0.4, -0.2) is 0 Å². The molecule has 0 saturated carbocycles. The molecule has 8 aromatic rings. The van der Waals surface area contributed by atoms with Crippen LogP contribution in [0.1, 0.15) is 0 Å². The lowest BCUT2D eigenvalue weighted by Gasteiger charge is -2.19. The molecule has 0 heteroatoms. The van der Waals surface area contributed by atoms with Gasteiger partial charge in [-0.05, 0) is 88.6 Å². The molecule has 0 aromatic heterocycles. The van der Waals surface area contributed by atoms with Crippen LogP contribution >= 0.6 is 0 Å². The van der Waals surface area contributed by atoms with Crippen LogP contribution in [0.3, 0.4) is 0 Å². The van der Waals surface area contributed by atoms with E-state index in [4.69, 9.17) is 0 Å². The molecule has 0 saturated heterocycles. The molecule has 0 aliphatic heterocycles. The van der Waals surface area contributed by atoms with E-state index in [9.17, 15) is 0 Å². The highest BCUT2D eigenvalue weighted by Gasteiger charge is 2.18. The Bertz CT molecular complexity index is 1950. The molecule has 0 heterocycles. The monoisotopic (exact) mass is 506 g/mol. The Kier molecular flexibility index (Phi) is 5.24. The van der Waals surface area contributed by atoms with Gasteiger partial charge in [0.1, 0.15) is 0 Å². The minimum absolute atomic E-state index is 1.25. The van der Waals surface area contributed by atoms with Crippen LogP contribution in [0.5, 0.6) is 0 Å². The van der Waals surface area contributed by atoms with Gasteiger partial charge in [-0.15, -0.1) is 0 Å². The zero-order chi connectivity index (χ0) is 26.5. The van der Waals surface area contributed by atoms with Gasteiger partial charge in [-0.2, -0.15) is 0 Å². The second-order valence-electron chi connectivity index (χ2n) is 10.5. The Morgan fingerprint density at radius 1 is 0.225 bits per heavy atom. The Morgan fingerprint density at radius 2 is 0.475 bits per heavy atom. The molecule has 0 aliphatic carbocycles. The maximum absolute atomic E-state index is 2.31. The van der Waals surface area contributed by atoms with Crippen LogP contribution in [0.15, 0.2) is 158 Å². The first-order valence-electron chi connectivity index (χ1n) is 13.9. The smallest absolute Gasteiger partial charge is 0.00206 e. The average molecular weight is 507 g/mol. The minimum Gasteiger partial charge on any atom is -0.0616 e. The summed E-state index contributed by atoms with van der Waals surface area (Å²) in [5.74, 6) is 0. The van der Waals surface area contributed by atoms with E-state index >= 15 is 0 Å². The second-order valence-corrected chi connectivity index (χ2v) is 10.5. The van der Waals surface area contributed by atoms with Gasteiger partial charge in [0, 0.05) is 0 Å². The maximum atomic E-state index is 2.31. The normalized spacial score (nSPS) is 11.5. The van der Waals surface area contributed by atoms with Gasteiger partial charge < -0.3 is 0 Å². The summed E-state index contributed by atoms with van der Waals surface area (Å²) >= 11 is 0. The van der Waals surface area contributed by atoms with Crippen LogP contribution in [0.2, 0.25) is 0 Å². The summed E-state index contributed by atoms with van der Waals surface area (Å²) in [4.78, 5) is 0. The Hall–Kier alpha value is -5.20. The molecule has 0 aliphatic rings. The van der Waals surface area contributed by atoms with E-state index < -0.39 is 0 Å². The summed E-state index contributed by atoms with van der Waals surface area (Å²) in [5.41, 5.74) is 7.59. The lowest BCUT2D eigenvalue weighted by Crippen LogP contribution is -1.93. The molecule has 0 N–H and O–H groups in total. The first-order chi connectivity index (χ1) is 19.9. The molecule has 0 radical (unpaired) electrons. The van der Waals surface area contributed by atoms with Gasteiger partial charge >= 0.3 is 0 Å². The van der Waals surface area contributed by atoms with Crippen LogP contribution in [-0.2, 0) is 0 Å². The summed E-state index contributed by atoms with van der Waals surface area (Å²) in [7, 11) is 0. The quantitative estimate of drug-likeness (QED) is 0.209. The van der Waals surface area contributed by atoms with Crippen molar-refractivity contribution < 1.29 is 0 Å². The van der Waals surface area contributed by atoms with Crippen LogP contribution in [0.25, 0.3) is 76.5 Å². The summed E-state index contributed by atoms with van der Waals surface area (Å²) in [5, 5.41) is 10.2. The van der Waals surface area contributed by atoms with Crippen molar-refractivity contribution in [3.63, 3.8) is 0 Å². The molecule has 40 heavy (non-hydrogen) atoms. The SMILES string of the molecule is c1ccc(-c2c3ccccc3cc3ccccc23)c(-c2ccccc2-c2c3ccccc3cc3ccccc23)c1. The van der Waals surface area contributed by atoms with E-state index in [1.165, 1.54) is 76.5 Å². The molecule has 0 unspecified atom stereocenters. The number of benzene rings is 8. The van der Waals surface area contributed by atoms with Gasteiger partial charge in [0.05, 0.1) is 0 Å². The molecule has 0 amide bonds. The van der Waals surface area contributed by atoms with Gasteiger partial charge in [0.15, 0.2) is 0 Å². The van der Waals surface area contributed by atoms with Crippen LogP contribution < -0.4 is 0 Å². The minimum atomic E-state index is 1.25. The van der Waals surface area contributed by atoms with Crippen molar-refractivity contribution in [2.24, 2.45) is 0 Å². The standard InChI is InChI=1S/C40H26/c1-5-17-31-27(13-1)25-28-14-2-6-18-32(28)39(31)37-23-11-9-21-35(37)36-22-10-12-24-38(36)40-33-19-7-3-15-29(33)26-30-16-4-8-20-34(30)40/h1-26H. The van der Waals surface area contributed by atoms with Crippen molar-refractivity contribution >= 4 is 43.1 Å². The van der Waals surface area contributed by atoms with Crippen molar-refractivity contribution in [1.29, 1.82) is 0 Å². The fourth-order valence-electron chi connectivity index (χ4n) is 6.48.